The van der Waals surface area contributed by atoms with Gasteiger partial charge in [-0.25, -0.2) is 8.78 Å². The molecule has 0 saturated carbocycles. The maximum absolute atomic E-state index is 12.4. The van der Waals surface area contributed by atoms with E-state index in [2.05, 4.69) is 20.9 Å². The zero-order valence-corrected chi connectivity index (χ0v) is 8.11. The Morgan fingerprint density at radius 1 is 1.58 bits per heavy atom. The van der Waals surface area contributed by atoms with Crippen LogP contribution in [0.25, 0.3) is 0 Å². The third-order valence-corrected chi connectivity index (χ3v) is 2.17. The van der Waals surface area contributed by atoms with Gasteiger partial charge in [-0.2, -0.15) is 0 Å². The van der Waals surface area contributed by atoms with Crippen LogP contribution in [0.3, 0.4) is 0 Å². The van der Waals surface area contributed by atoms with Crippen molar-refractivity contribution in [2.45, 2.75) is 18.7 Å². The van der Waals surface area contributed by atoms with E-state index < -0.39 is 6.43 Å². The molecule has 66 valence electrons. The molecule has 0 bridgehead atoms. The molecule has 0 aliphatic carbocycles. The van der Waals surface area contributed by atoms with Crippen LogP contribution >= 0.6 is 15.9 Å². The summed E-state index contributed by atoms with van der Waals surface area (Å²) >= 11 is 3.11. The summed E-state index contributed by atoms with van der Waals surface area (Å²) in [7, 11) is 0. The van der Waals surface area contributed by atoms with Gasteiger partial charge in [0.25, 0.3) is 6.43 Å². The Kier molecular flexibility index (Phi) is 3.14. The highest BCUT2D eigenvalue weighted by Crippen LogP contribution is 2.25. The molecule has 0 aliphatic heterocycles. The van der Waals surface area contributed by atoms with E-state index in [9.17, 15) is 8.78 Å². The third kappa shape index (κ3) is 1.80. The van der Waals surface area contributed by atoms with Crippen LogP contribution in [0.15, 0.2) is 12.3 Å². The second kappa shape index (κ2) is 3.94. The zero-order chi connectivity index (χ0) is 9.14. The van der Waals surface area contributed by atoms with Crippen molar-refractivity contribution in [3.05, 3.63) is 29.1 Å². The fourth-order valence-corrected chi connectivity index (χ4v) is 1.48. The predicted octanol–water partition coefficient (Wildman–Crippen LogP) is 3.22. The van der Waals surface area contributed by atoms with Crippen molar-refractivity contribution in [3.63, 3.8) is 0 Å². The first-order valence-electron chi connectivity index (χ1n) is 3.45. The fraction of sp³-hybridized carbons (Fsp3) is 0.375. The lowest BCUT2D eigenvalue weighted by Gasteiger charge is -2.07. The van der Waals surface area contributed by atoms with Crippen molar-refractivity contribution in [2.24, 2.45) is 0 Å². The highest BCUT2D eigenvalue weighted by Gasteiger charge is 2.15. The molecular formula is C8H8BrF2N. The number of hydrogen-bond donors (Lipinski definition) is 0. The van der Waals surface area contributed by atoms with Crippen molar-refractivity contribution in [1.29, 1.82) is 0 Å². The molecule has 0 atom stereocenters. The summed E-state index contributed by atoms with van der Waals surface area (Å²) in [5.41, 5.74) is 1.06. The minimum atomic E-state index is -2.44. The third-order valence-electron chi connectivity index (χ3n) is 1.64. The average molecular weight is 236 g/mol. The van der Waals surface area contributed by atoms with Gasteiger partial charge in [-0.05, 0) is 18.6 Å². The number of hydrogen-bond acceptors (Lipinski definition) is 1. The van der Waals surface area contributed by atoms with E-state index in [4.69, 9.17) is 0 Å². The van der Waals surface area contributed by atoms with Crippen LogP contribution in [-0.2, 0) is 5.33 Å². The van der Waals surface area contributed by atoms with Gasteiger partial charge in [0.05, 0.1) is 5.69 Å². The van der Waals surface area contributed by atoms with Gasteiger partial charge < -0.3 is 0 Å². The van der Waals surface area contributed by atoms with Gasteiger partial charge >= 0.3 is 0 Å². The summed E-state index contributed by atoms with van der Waals surface area (Å²) in [5.74, 6) is 0. The lowest BCUT2D eigenvalue weighted by molar-refractivity contribution is 0.149. The number of pyridine rings is 1. The van der Waals surface area contributed by atoms with E-state index >= 15 is 0 Å². The largest absolute Gasteiger partial charge is 0.265 e. The quantitative estimate of drug-likeness (QED) is 0.718. The fourth-order valence-electron chi connectivity index (χ4n) is 1.03. The van der Waals surface area contributed by atoms with Crippen LogP contribution in [0.4, 0.5) is 8.78 Å². The molecule has 0 N–H and O–H groups in total. The van der Waals surface area contributed by atoms with Gasteiger partial charge in [-0.15, -0.1) is 0 Å². The summed E-state index contributed by atoms with van der Waals surface area (Å²) in [5, 5.41) is 0.369. The first-order valence-corrected chi connectivity index (χ1v) is 4.57. The van der Waals surface area contributed by atoms with Crippen LogP contribution in [0.5, 0.6) is 0 Å². The van der Waals surface area contributed by atoms with Gasteiger partial charge in [-0.3, -0.25) is 4.98 Å². The average Bonchev–Trinajstić information content (AvgIpc) is 2.03. The van der Waals surface area contributed by atoms with Crippen LogP contribution < -0.4 is 0 Å². The normalized spacial score (nSPS) is 10.8. The molecule has 1 heterocycles. The first-order chi connectivity index (χ1) is 5.66. The molecule has 1 nitrogen and oxygen atoms in total. The standard InChI is InChI=1S/C8H8BrF2N/c1-5-2-3-12-6(4-9)7(5)8(10)11/h2-3,8H,4H2,1H3. The maximum Gasteiger partial charge on any atom is 0.265 e. The second-order valence-corrected chi connectivity index (χ2v) is 2.98. The number of halogens is 3. The van der Waals surface area contributed by atoms with Crippen LogP contribution in [0, 0.1) is 6.92 Å². The van der Waals surface area contributed by atoms with E-state index in [-0.39, 0.29) is 5.56 Å². The lowest BCUT2D eigenvalue weighted by atomic mass is 10.1. The molecule has 0 spiro atoms. The van der Waals surface area contributed by atoms with Crippen molar-refractivity contribution >= 4 is 15.9 Å². The lowest BCUT2D eigenvalue weighted by Crippen LogP contribution is -1.98. The van der Waals surface area contributed by atoms with Gasteiger partial charge in [0, 0.05) is 17.1 Å². The minimum absolute atomic E-state index is 0.0503. The van der Waals surface area contributed by atoms with Crippen molar-refractivity contribution in [3.8, 4) is 0 Å². The number of aryl methyl sites for hydroxylation is 1. The van der Waals surface area contributed by atoms with Gasteiger partial charge in [0.15, 0.2) is 0 Å². The van der Waals surface area contributed by atoms with Crippen LogP contribution in [0.2, 0.25) is 0 Å². The van der Waals surface area contributed by atoms with Gasteiger partial charge in [0.1, 0.15) is 0 Å². The zero-order valence-electron chi connectivity index (χ0n) is 6.52. The number of rotatable bonds is 2. The topological polar surface area (TPSA) is 12.9 Å². The van der Waals surface area contributed by atoms with Crippen LogP contribution in [-0.4, -0.2) is 4.98 Å². The molecule has 1 aromatic rings. The summed E-state index contributed by atoms with van der Waals surface area (Å²) in [4.78, 5) is 3.85. The number of alkyl halides is 3. The summed E-state index contributed by atoms with van der Waals surface area (Å²) in [6.07, 6.45) is -0.899. The second-order valence-electron chi connectivity index (χ2n) is 2.42. The smallest absolute Gasteiger partial charge is 0.260 e. The van der Waals surface area contributed by atoms with Gasteiger partial charge in [0.2, 0.25) is 0 Å². The van der Waals surface area contributed by atoms with E-state index in [1.807, 2.05) is 0 Å². The Morgan fingerprint density at radius 2 is 2.25 bits per heavy atom. The SMILES string of the molecule is Cc1ccnc(CBr)c1C(F)F. The molecule has 0 amide bonds. The van der Waals surface area contributed by atoms with E-state index in [1.165, 1.54) is 6.20 Å². The molecule has 0 saturated heterocycles. The maximum atomic E-state index is 12.4. The van der Waals surface area contributed by atoms with Crippen LogP contribution in [0.1, 0.15) is 23.2 Å². The molecule has 12 heavy (non-hydrogen) atoms. The molecule has 0 unspecified atom stereocenters. The van der Waals surface area contributed by atoms with Gasteiger partial charge in [-0.1, -0.05) is 15.9 Å². The predicted molar refractivity (Wildman–Crippen MR) is 46.6 cm³/mol. The Labute approximate surface area is 77.9 Å². The Balaban J connectivity index is 3.20. The highest BCUT2D eigenvalue weighted by molar-refractivity contribution is 9.08. The summed E-state index contributed by atoms with van der Waals surface area (Å²) < 4.78 is 24.8. The first kappa shape index (κ1) is 9.58. The molecular weight excluding hydrogens is 228 g/mol. The molecule has 0 aromatic carbocycles. The molecule has 0 aliphatic rings. The Bertz CT molecular complexity index is 276. The van der Waals surface area contributed by atoms with Crippen molar-refractivity contribution in [2.75, 3.05) is 0 Å². The number of aromatic nitrogens is 1. The monoisotopic (exact) mass is 235 g/mol. The Morgan fingerprint density at radius 3 is 2.67 bits per heavy atom. The minimum Gasteiger partial charge on any atom is -0.260 e. The van der Waals surface area contributed by atoms with E-state index in [0.717, 1.165) is 0 Å². The molecule has 4 heteroatoms. The van der Waals surface area contributed by atoms with E-state index in [0.29, 0.717) is 16.6 Å². The molecule has 1 aromatic heterocycles. The molecule has 0 radical (unpaired) electrons. The molecule has 1 rings (SSSR count). The highest BCUT2D eigenvalue weighted by atomic mass is 79.9. The van der Waals surface area contributed by atoms with Crippen molar-refractivity contribution < 1.29 is 8.78 Å². The Hall–Kier alpha value is -0.510. The van der Waals surface area contributed by atoms with E-state index in [1.54, 1.807) is 13.0 Å². The molecule has 0 fully saturated rings. The van der Waals surface area contributed by atoms with Crippen molar-refractivity contribution in [1.82, 2.24) is 4.98 Å². The summed E-state index contributed by atoms with van der Waals surface area (Å²) in [6.45, 7) is 1.66. The summed E-state index contributed by atoms with van der Waals surface area (Å²) in [6, 6.07) is 1.59. The number of nitrogens with zero attached hydrogens (tertiary/aromatic N) is 1.